The Morgan fingerprint density at radius 3 is 2.31 bits per heavy atom. The smallest absolute Gasteiger partial charge is 0.312 e. The largest absolute Gasteiger partial charge is 0.352 e. The maximum Gasteiger partial charge on any atom is 0.312 e. The van der Waals surface area contributed by atoms with Crippen molar-refractivity contribution in [1.82, 2.24) is 5.32 Å². The summed E-state index contributed by atoms with van der Waals surface area (Å²) in [5.74, 6) is -1.45. The minimum atomic E-state index is -4.26. The van der Waals surface area contributed by atoms with Crippen molar-refractivity contribution >= 4 is 44.9 Å². The van der Waals surface area contributed by atoms with E-state index >= 15 is 0 Å². The van der Waals surface area contributed by atoms with Gasteiger partial charge >= 0.3 is 6.03 Å². The number of carbonyl (C=O) groups excluding carboxylic acids is 2. The number of anilines is 2. The second kappa shape index (κ2) is 9.67. The van der Waals surface area contributed by atoms with Crippen LogP contribution in [0, 0.1) is 5.82 Å². The topological polar surface area (TPSA) is 130 Å². The van der Waals surface area contributed by atoms with Crippen molar-refractivity contribution < 1.29 is 22.4 Å². The van der Waals surface area contributed by atoms with Gasteiger partial charge in [0.15, 0.2) is 0 Å². The van der Waals surface area contributed by atoms with Gasteiger partial charge in [-0.25, -0.2) is 17.6 Å². The minimum absolute atomic E-state index is 0.00767. The molecule has 0 fully saturated rings. The van der Waals surface area contributed by atoms with Crippen molar-refractivity contribution in [2.45, 2.75) is 11.4 Å². The third-order valence-corrected chi connectivity index (χ3v) is 5.92. The number of hydrogen-bond acceptors (Lipinski definition) is 4. The first-order valence-corrected chi connectivity index (χ1v) is 11.0. The highest BCUT2D eigenvalue weighted by Crippen LogP contribution is 2.29. The molecule has 0 aliphatic heterocycles. The Bertz CT molecular complexity index is 1270. The molecular formula is C21H18ClFN4O4S. The third kappa shape index (κ3) is 5.74. The Morgan fingerprint density at radius 1 is 0.969 bits per heavy atom. The number of carbonyl (C=O) groups is 2. The molecule has 0 aromatic heterocycles. The SMILES string of the molecule is NC(=O)NCc1ccc(C(=O)Nc2cc(Cl)ccc2NS(=O)(=O)c2ccccc2F)cc1. The van der Waals surface area contributed by atoms with Crippen LogP contribution >= 0.6 is 11.6 Å². The van der Waals surface area contributed by atoms with E-state index < -0.39 is 32.7 Å². The summed E-state index contributed by atoms with van der Waals surface area (Å²) in [4.78, 5) is 22.9. The summed E-state index contributed by atoms with van der Waals surface area (Å²) in [7, 11) is -4.26. The molecule has 0 spiro atoms. The second-order valence-corrected chi connectivity index (χ2v) is 8.68. The molecule has 32 heavy (non-hydrogen) atoms. The lowest BCUT2D eigenvalue weighted by Gasteiger charge is -2.14. The average molecular weight is 477 g/mol. The molecule has 3 amide bonds. The minimum Gasteiger partial charge on any atom is -0.352 e. The fourth-order valence-electron chi connectivity index (χ4n) is 2.73. The van der Waals surface area contributed by atoms with Crippen LogP contribution in [0.4, 0.5) is 20.6 Å². The fourth-order valence-corrected chi connectivity index (χ4v) is 4.06. The number of halogens is 2. The molecular weight excluding hydrogens is 459 g/mol. The van der Waals surface area contributed by atoms with E-state index in [1.54, 1.807) is 12.1 Å². The van der Waals surface area contributed by atoms with E-state index in [0.29, 0.717) is 0 Å². The van der Waals surface area contributed by atoms with Crippen LogP contribution in [0.25, 0.3) is 0 Å². The van der Waals surface area contributed by atoms with Gasteiger partial charge in [-0.2, -0.15) is 0 Å². The maximum atomic E-state index is 14.0. The standard InChI is InChI=1S/C21H18ClFN4O4S/c22-15-9-10-17(27-32(30,31)19-4-2-1-3-16(19)23)18(11-15)26-20(28)14-7-5-13(6-8-14)12-25-21(24)29/h1-11,27H,12H2,(H,26,28)(H3,24,25,29). The molecule has 0 aliphatic rings. The van der Waals surface area contributed by atoms with Crippen LogP contribution in [0.3, 0.4) is 0 Å². The molecule has 0 bridgehead atoms. The van der Waals surface area contributed by atoms with Gasteiger partial charge in [0.25, 0.3) is 15.9 Å². The van der Waals surface area contributed by atoms with E-state index in [2.05, 4.69) is 15.4 Å². The molecule has 0 saturated heterocycles. The van der Waals surface area contributed by atoms with Gasteiger partial charge in [-0.3, -0.25) is 9.52 Å². The molecule has 0 heterocycles. The van der Waals surface area contributed by atoms with Gasteiger partial charge in [0.2, 0.25) is 0 Å². The maximum absolute atomic E-state index is 14.0. The molecule has 0 radical (unpaired) electrons. The quantitative estimate of drug-likeness (QED) is 0.414. The predicted molar refractivity (Wildman–Crippen MR) is 119 cm³/mol. The van der Waals surface area contributed by atoms with Crippen LogP contribution in [0.15, 0.2) is 71.6 Å². The zero-order chi connectivity index (χ0) is 23.3. The highest BCUT2D eigenvalue weighted by Gasteiger charge is 2.21. The first kappa shape index (κ1) is 23.0. The lowest BCUT2D eigenvalue weighted by molar-refractivity contribution is 0.102. The van der Waals surface area contributed by atoms with E-state index in [0.717, 1.165) is 17.7 Å². The Labute approximate surface area is 188 Å². The van der Waals surface area contributed by atoms with Crippen molar-refractivity contribution in [1.29, 1.82) is 0 Å². The molecule has 0 unspecified atom stereocenters. The van der Waals surface area contributed by atoms with Gasteiger partial charge in [-0.05, 0) is 48.0 Å². The summed E-state index contributed by atoms with van der Waals surface area (Å²) in [5, 5.41) is 5.28. The number of amides is 3. The molecule has 3 rings (SSSR count). The predicted octanol–water partition coefficient (Wildman–Crippen LogP) is 3.70. The lowest BCUT2D eigenvalue weighted by Crippen LogP contribution is -2.28. The van der Waals surface area contributed by atoms with Gasteiger partial charge in [-0.1, -0.05) is 35.9 Å². The monoisotopic (exact) mass is 476 g/mol. The summed E-state index contributed by atoms with van der Waals surface area (Å²) < 4.78 is 41.5. The van der Waals surface area contributed by atoms with Crippen molar-refractivity contribution in [2.75, 3.05) is 10.0 Å². The first-order chi connectivity index (χ1) is 15.2. The summed E-state index contributed by atoms with van der Waals surface area (Å²) in [6, 6.07) is 14.7. The van der Waals surface area contributed by atoms with E-state index in [1.807, 2.05) is 0 Å². The van der Waals surface area contributed by atoms with Crippen LogP contribution in [-0.4, -0.2) is 20.4 Å². The van der Waals surface area contributed by atoms with Crippen molar-refractivity contribution in [2.24, 2.45) is 5.73 Å². The second-order valence-electron chi connectivity index (χ2n) is 6.59. The van der Waals surface area contributed by atoms with Gasteiger partial charge < -0.3 is 16.4 Å². The molecule has 3 aromatic carbocycles. The van der Waals surface area contributed by atoms with Crippen LogP contribution in [-0.2, 0) is 16.6 Å². The van der Waals surface area contributed by atoms with Crippen LogP contribution in [0.1, 0.15) is 15.9 Å². The van der Waals surface area contributed by atoms with E-state index in [9.17, 15) is 22.4 Å². The summed E-state index contributed by atoms with van der Waals surface area (Å²) >= 11 is 6.01. The zero-order valence-corrected chi connectivity index (χ0v) is 18.0. The number of urea groups is 1. The van der Waals surface area contributed by atoms with E-state index in [1.165, 1.54) is 42.5 Å². The van der Waals surface area contributed by atoms with Crippen LogP contribution in [0.5, 0.6) is 0 Å². The summed E-state index contributed by atoms with van der Waals surface area (Å²) in [5.41, 5.74) is 6.12. The highest BCUT2D eigenvalue weighted by molar-refractivity contribution is 7.92. The number of sulfonamides is 1. The van der Waals surface area contributed by atoms with Gasteiger partial charge in [0, 0.05) is 17.1 Å². The number of benzene rings is 3. The number of primary amides is 1. The molecule has 166 valence electrons. The molecule has 0 atom stereocenters. The molecule has 0 aliphatic carbocycles. The van der Waals surface area contributed by atoms with Gasteiger partial charge in [-0.15, -0.1) is 0 Å². The normalized spacial score (nSPS) is 10.9. The molecule has 5 N–H and O–H groups in total. The molecule has 3 aromatic rings. The van der Waals surface area contributed by atoms with Crippen molar-refractivity contribution in [3.05, 3.63) is 88.7 Å². The fraction of sp³-hybridized carbons (Fsp3) is 0.0476. The van der Waals surface area contributed by atoms with Crippen LogP contribution in [0.2, 0.25) is 5.02 Å². The van der Waals surface area contributed by atoms with E-state index in [-0.39, 0.29) is 28.5 Å². The Balaban J connectivity index is 1.81. The average Bonchev–Trinajstić information content (AvgIpc) is 2.74. The Hall–Kier alpha value is -3.63. The zero-order valence-electron chi connectivity index (χ0n) is 16.4. The lowest BCUT2D eigenvalue weighted by atomic mass is 10.1. The number of nitrogens with one attached hydrogen (secondary N) is 3. The third-order valence-electron chi connectivity index (χ3n) is 4.28. The highest BCUT2D eigenvalue weighted by atomic mass is 35.5. The van der Waals surface area contributed by atoms with Gasteiger partial charge in [0.05, 0.1) is 11.4 Å². The Kier molecular flexibility index (Phi) is 6.96. The number of nitrogens with two attached hydrogens (primary N) is 1. The first-order valence-electron chi connectivity index (χ1n) is 9.16. The van der Waals surface area contributed by atoms with E-state index in [4.69, 9.17) is 17.3 Å². The number of hydrogen-bond donors (Lipinski definition) is 4. The number of rotatable bonds is 7. The molecule has 0 saturated carbocycles. The summed E-state index contributed by atoms with van der Waals surface area (Å²) in [6.07, 6.45) is 0. The van der Waals surface area contributed by atoms with Gasteiger partial charge in [0.1, 0.15) is 10.7 Å². The molecule has 8 nitrogen and oxygen atoms in total. The summed E-state index contributed by atoms with van der Waals surface area (Å²) in [6.45, 7) is 0.202. The molecule has 11 heteroatoms. The van der Waals surface area contributed by atoms with Crippen molar-refractivity contribution in [3.63, 3.8) is 0 Å². The van der Waals surface area contributed by atoms with Crippen molar-refractivity contribution in [3.8, 4) is 0 Å². The van der Waals surface area contributed by atoms with Crippen LogP contribution < -0.4 is 21.1 Å². The Morgan fingerprint density at radius 2 is 1.66 bits per heavy atom.